The van der Waals surface area contributed by atoms with Crippen molar-refractivity contribution in [3.63, 3.8) is 0 Å². The Kier molecular flexibility index (Phi) is 5.87. The number of nitrogens with zero attached hydrogens (tertiary/aromatic N) is 4. The van der Waals surface area contributed by atoms with Crippen LogP contribution in [0.5, 0.6) is 5.95 Å². The lowest BCUT2D eigenvalue weighted by atomic mass is 10.1. The van der Waals surface area contributed by atoms with Crippen molar-refractivity contribution in [3.8, 4) is 5.95 Å². The second-order valence-electron chi connectivity index (χ2n) is 7.48. The zero-order chi connectivity index (χ0) is 22.8. The van der Waals surface area contributed by atoms with Gasteiger partial charge >= 0.3 is 0 Å². The molecule has 0 radical (unpaired) electrons. The van der Waals surface area contributed by atoms with E-state index in [-0.39, 0.29) is 35.6 Å². The van der Waals surface area contributed by atoms with E-state index < -0.39 is 12.0 Å². The van der Waals surface area contributed by atoms with Crippen molar-refractivity contribution in [2.45, 2.75) is 25.9 Å². The first kappa shape index (κ1) is 21.4. The van der Waals surface area contributed by atoms with Crippen LogP contribution in [0.25, 0.3) is 0 Å². The number of amides is 2. The SMILES string of the molecule is Cc1ccc(N2C(=O)C(CC(=O)Nc3ccccc3)N(Cc3c([O-])on[n+]3C)C2=S)cc1. The normalized spacial score (nSPS) is 16.0. The van der Waals surface area contributed by atoms with Gasteiger partial charge in [-0.15, -0.1) is 0 Å². The lowest BCUT2D eigenvalue weighted by Gasteiger charge is -2.22. The zero-order valence-corrected chi connectivity index (χ0v) is 18.3. The number of hydrogen-bond donors (Lipinski definition) is 1. The predicted octanol–water partition coefficient (Wildman–Crippen LogP) is 1.41. The highest BCUT2D eigenvalue weighted by Gasteiger charge is 2.45. The fourth-order valence-corrected chi connectivity index (χ4v) is 3.90. The summed E-state index contributed by atoms with van der Waals surface area (Å²) in [4.78, 5) is 29.1. The molecule has 0 saturated carbocycles. The summed E-state index contributed by atoms with van der Waals surface area (Å²) in [6, 6.07) is 15.4. The maximum atomic E-state index is 13.4. The van der Waals surface area contributed by atoms with E-state index in [2.05, 4.69) is 10.6 Å². The van der Waals surface area contributed by atoms with Crippen LogP contribution in [0.15, 0.2) is 59.1 Å². The number of benzene rings is 2. The fourth-order valence-electron chi connectivity index (χ4n) is 3.51. The topological polar surface area (TPSA) is 106 Å². The predicted molar refractivity (Wildman–Crippen MR) is 117 cm³/mol. The van der Waals surface area contributed by atoms with Crippen molar-refractivity contribution in [1.82, 2.24) is 10.2 Å². The summed E-state index contributed by atoms with van der Waals surface area (Å²) in [5.41, 5.74) is 2.48. The first-order chi connectivity index (χ1) is 15.3. The standard InChI is InChI=1S/C22H21N5O4S/c1-14-8-10-16(11-9-14)27-20(29)17(12-19(28)23-15-6-4-3-5-7-15)26(22(27)32)13-18-21(30)31-24-25(18)2/h3-11,17H,12-13H2,1-2H3,(H-,23,24,28,30). The number of hydrogen-bond acceptors (Lipinski definition) is 6. The van der Waals surface area contributed by atoms with Crippen LogP contribution in [0, 0.1) is 6.92 Å². The molecule has 32 heavy (non-hydrogen) atoms. The van der Waals surface area contributed by atoms with E-state index in [1.807, 2.05) is 25.1 Å². The molecule has 0 spiro atoms. The Bertz CT molecular complexity index is 1140. The van der Waals surface area contributed by atoms with Crippen LogP contribution in [-0.4, -0.2) is 33.1 Å². The number of aryl methyl sites for hydroxylation is 2. The molecule has 1 atom stereocenters. The van der Waals surface area contributed by atoms with Crippen LogP contribution in [0.2, 0.25) is 0 Å². The Morgan fingerprint density at radius 3 is 2.53 bits per heavy atom. The molecule has 10 heteroatoms. The molecule has 2 heterocycles. The molecular weight excluding hydrogens is 430 g/mol. The molecular formula is C22H21N5O4S. The molecule has 0 aliphatic carbocycles. The van der Waals surface area contributed by atoms with Crippen LogP contribution in [0.4, 0.5) is 11.4 Å². The van der Waals surface area contributed by atoms with E-state index in [0.717, 1.165) is 5.56 Å². The molecule has 2 amide bonds. The minimum atomic E-state index is -0.887. The van der Waals surface area contributed by atoms with Gasteiger partial charge in [-0.1, -0.05) is 40.6 Å². The van der Waals surface area contributed by atoms with Crippen LogP contribution in [0.1, 0.15) is 17.7 Å². The molecule has 4 rings (SSSR count). The van der Waals surface area contributed by atoms with Gasteiger partial charge in [-0.05, 0) is 43.4 Å². The van der Waals surface area contributed by atoms with Crippen molar-refractivity contribution in [3.05, 3.63) is 65.9 Å². The number of aromatic nitrogens is 2. The van der Waals surface area contributed by atoms with E-state index in [9.17, 15) is 14.7 Å². The lowest BCUT2D eigenvalue weighted by molar-refractivity contribution is -0.746. The number of anilines is 2. The molecule has 1 N–H and O–H groups in total. The van der Waals surface area contributed by atoms with E-state index in [4.69, 9.17) is 16.7 Å². The number of carbonyl (C=O) groups excluding carboxylic acids is 2. The maximum absolute atomic E-state index is 13.4. The van der Waals surface area contributed by atoms with Crippen molar-refractivity contribution < 1.29 is 23.9 Å². The average Bonchev–Trinajstić information content (AvgIpc) is 3.20. The van der Waals surface area contributed by atoms with Crippen molar-refractivity contribution in [2.24, 2.45) is 7.05 Å². The van der Waals surface area contributed by atoms with Gasteiger partial charge in [0, 0.05) is 5.69 Å². The monoisotopic (exact) mass is 451 g/mol. The van der Waals surface area contributed by atoms with Crippen LogP contribution < -0.4 is 20.0 Å². The van der Waals surface area contributed by atoms with Gasteiger partial charge in [-0.25, -0.2) is 0 Å². The van der Waals surface area contributed by atoms with Crippen LogP contribution in [-0.2, 0) is 23.2 Å². The second-order valence-corrected chi connectivity index (χ2v) is 7.85. The average molecular weight is 452 g/mol. The third-order valence-electron chi connectivity index (χ3n) is 5.24. The minimum Gasteiger partial charge on any atom is -0.539 e. The van der Waals surface area contributed by atoms with Crippen molar-refractivity contribution >= 4 is 40.5 Å². The molecule has 1 fully saturated rings. The van der Waals surface area contributed by atoms with Crippen LogP contribution >= 0.6 is 12.2 Å². The number of rotatable bonds is 6. The van der Waals surface area contributed by atoms with Gasteiger partial charge in [0.05, 0.1) is 17.4 Å². The number of para-hydroxylation sites is 1. The minimum absolute atomic E-state index is 0.0188. The van der Waals surface area contributed by atoms with Crippen molar-refractivity contribution in [1.29, 1.82) is 0 Å². The highest BCUT2D eigenvalue weighted by Crippen LogP contribution is 2.29. The number of thiocarbonyl (C=S) groups is 1. The van der Waals surface area contributed by atoms with E-state index >= 15 is 0 Å². The fraction of sp³-hybridized carbons (Fsp3) is 0.227. The van der Waals surface area contributed by atoms with E-state index in [1.54, 1.807) is 48.3 Å². The quantitative estimate of drug-likeness (QED) is 0.446. The van der Waals surface area contributed by atoms with Gasteiger partial charge in [0.15, 0.2) is 18.1 Å². The Morgan fingerprint density at radius 2 is 1.91 bits per heavy atom. The van der Waals surface area contributed by atoms with Gasteiger partial charge in [0.1, 0.15) is 12.6 Å². The largest absolute Gasteiger partial charge is 0.539 e. The molecule has 1 saturated heterocycles. The van der Waals surface area contributed by atoms with E-state index in [1.165, 1.54) is 9.58 Å². The summed E-state index contributed by atoms with van der Waals surface area (Å²) in [5, 5.41) is 18.7. The summed E-state index contributed by atoms with van der Waals surface area (Å²) in [6.45, 7) is 1.92. The Morgan fingerprint density at radius 1 is 1.22 bits per heavy atom. The summed E-state index contributed by atoms with van der Waals surface area (Å²) in [6.07, 6.45) is -0.139. The van der Waals surface area contributed by atoms with Gasteiger partial charge < -0.3 is 19.8 Å². The molecule has 1 aliphatic rings. The zero-order valence-electron chi connectivity index (χ0n) is 17.5. The van der Waals surface area contributed by atoms with Crippen LogP contribution in [0.3, 0.4) is 0 Å². The number of nitrogens with one attached hydrogen (secondary N) is 1. The first-order valence-electron chi connectivity index (χ1n) is 9.93. The highest BCUT2D eigenvalue weighted by atomic mass is 32.1. The van der Waals surface area contributed by atoms with Gasteiger partial charge in [0.2, 0.25) is 5.91 Å². The Hall–Kier alpha value is -3.79. The first-order valence-corrected chi connectivity index (χ1v) is 10.3. The third kappa shape index (κ3) is 4.17. The summed E-state index contributed by atoms with van der Waals surface area (Å²) in [5.74, 6) is -1.30. The Labute approximate surface area is 189 Å². The smallest absolute Gasteiger partial charge is 0.256 e. The maximum Gasteiger partial charge on any atom is 0.256 e. The molecule has 164 valence electrons. The summed E-state index contributed by atoms with van der Waals surface area (Å²) >= 11 is 5.61. The van der Waals surface area contributed by atoms with Gasteiger partial charge in [0.25, 0.3) is 11.6 Å². The molecule has 1 unspecified atom stereocenters. The van der Waals surface area contributed by atoms with Gasteiger partial charge in [-0.2, -0.15) is 0 Å². The third-order valence-corrected chi connectivity index (χ3v) is 5.66. The summed E-state index contributed by atoms with van der Waals surface area (Å²) < 4.78 is 5.99. The highest BCUT2D eigenvalue weighted by molar-refractivity contribution is 7.80. The lowest BCUT2D eigenvalue weighted by Crippen LogP contribution is -2.42. The second kappa shape index (κ2) is 8.75. The Balaban J connectivity index is 1.63. The molecule has 1 aromatic heterocycles. The van der Waals surface area contributed by atoms with Gasteiger partial charge in [-0.3, -0.25) is 14.5 Å². The summed E-state index contributed by atoms with van der Waals surface area (Å²) in [7, 11) is 1.57. The molecule has 1 aliphatic heterocycles. The molecule has 0 bridgehead atoms. The van der Waals surface area contributed by atoms with E-state index in [0.29, 0.717) is 11.4 Å². The molecule has 9 nitrogen and oxygen atoms in total. The number of carbonyl (C=O) groups is 2. The molecule has 2 aromatic carbocycles. The van der Waals surface area contributed by atoms with Crippen molar-refractivity contribution in [2.75, 3.05) is 10.2 Å². The molecule has 3 aromatic rings.